The highest BCUT2D eigenvalue weighted by atomic mass is 32.2. The van der Waals surface area contributed by atoms with Crippen molar-refractivity contribution >= 4 is 10.0 Å². The van der Waals surface area contributed by atoms with Crippen molar-refractivity contribution in [1.82, 2.24) is 9.62 Å². The van der Waals surface area contributed by atoms with Crippen LogP contribution in [0.25, 0.3) is 0 Å². The van der Waals surface area contributed by atoms with Crippen molar-refractivity contribution < 1.29 is 17.2 Å². The lowest BCUT2D eigenvalue weighted by Crippen LogP contribution is -2.35. The van der Waals surface area contributed by atoms with Gasteiger partial charge in [0, 0.05) is 25.2 Å². The van der Waals surface area contributed by atoms with Gasteiger partial charge in [-0.2, -0.15) is 4.31 Å². The van der Waals surface area contributed by atoms with Crippen LogP contribution in [0.5, 0.6) is 0 Å². The van der Waals surface area contributed by atoms with Crippen molar-refractivity contribution in [2.75, 3.05) is 14.1 Å². The van der Waals surface area contributed by atoms with Gasteiger partial charge < -0.3 is 5.32 Å². The van der Waals surface area contributed by atoms with Gasteiger partial charge in [-0.15, -0.1) is 0 Å². The molecular formula is C14H22F2N2O2S. The quantitative estimate of drug-likeness (QED) is 0.840. The Kier molecular flexibility index (Phi) is 6.24. The van der Waals surface area contributed by atoms with Crippen molar-refractivity contribution in [2.45, 2.75) is 44.2 Å². The second-order valence-corrected chi connectivity index (χ2v) is 6.99. The standard InChI is InChI=1S/C14H22F2N2O2S/c1-5-6-10(2)18(4)21(19,20)13-8-7-12(15)11(9-17-3)14(13)16/h7-8,10,17H,5-6,9H2,1-4H3. The molecule has 1 N–H and O–H groups in total. The fraction of sp³-hybridized carbons (Fsp3) is 0.571. The molecule has 1 unspecified atom stereocenters. The molecule has 0 bridgehead atoms. The van der Waals surface area contributed by atoms with E-state index in [2.05, 4.69) is 5.32 Å². The van der Waals surface area contributed by atoms with Gasteiger partial charge >= 0.3 is 0 Å². The maximum Gasteiger partial charge on any atom is 0.245 e. The molecule has 1 atom stereocenters. The van der Waals surface area contributed by atoms with Gasteiger partial charge in [0.1, 0.15) is 10.7 Å². The van der Waals surface area contributed by atoms with Crippen molar-refractivity contribution in [1.29, 1.82) is 0 Å². The maximum atomic E-state index is 14.3. The van der Waals surface area contributed by atoms with E-state index >= 15 is 0 Å². The molecule has 0 aliphatic rings. The van der Waals surface area contributed by atoms with Gasteiger partial charge in [-0.05, 0) is 32.5 Å². The third-order valence-corrected chi connectivity index (χ3v) is 5.48. The molecule has 0 radical (unpaired) electrons. The molecule has 0 saturated heterocycles. The normalized spacial score (nSPS) is 13.7. The van der Waals surface area contributed by atoms with Crippen LogP contribution in [-0.2, 0) is 16.6 Å². The van der Waals surface area contributed by atoms with Crippen LogP contribution in [-0.4, -0.2) is 32.9 Å². The summed E-state index contributed by atoms with van der Waals surface area (Å²) in [6.07, 6.45) is 1.49. The molecule has 21 heavy (non-hydrogen) atoms. The van der Waals surface area contributed by atoms with Crippen LogP contribution in [0.3, 0.4) is 0 Å². The van der Waals surface area contributed by atoms with Crippen molar-refractivity contribution in [3.05, 3.63) is 29.3 Å². The first-order valence-corrected chi connectivity index (χ1v) is 8.30. The number of hydrogen-bond acceptors (Lipinski definition) is 3. The van der Waals surface area contributed by atoms with Gasteiger partial charge in [-0.3, -0.25) is 0 Å². The van der Waals surface area contributed by atoms with E-state index in [0.717, 1.165) is 22.9 Å². The summed E-state index contributed by atoms with van der Waals surface area (Å²) in [5.41, 5.74) is -0.268. The smallest absolute Gasteiger partial charge is 0.245 e. The molecule has 1 rings (SSSR count). The van der Waals surface area contributed by atoms with E-state index in [1.165, 1.54) is 14.1 Å². The van der Waals surface area contributed by atoms with E-state index in [-0.39, 0.29) is 18.2 Å². The Hall–Kier alpha value is -1.05. The predicted octanol–water partition coefficient (Wildman–Crippen LogP) is 2.49. The van der Waals surface area contributed by atoms with Crippen LogP contribution in [0.2, 0.25) is 0 Å². The highest BCUT2D eigenvalue weighted by Gasteiger charge is 2.29. The second-order valence-electron chi connectivity index (χ2n) is 5.03. The molecule has 0 saturated carbocycles. The Morgan fingerprint density at radius 3 is 2.48 bits per heavy atom. The lowest BCUT2D eigenvalue weighted by molar-refractivity contribution is 0.366. The molecule has 0 fully saturated rings. The highest BCUT2D eigenvalue weighted by Crippen LogP contribution is 2.25. The molecule has 0 aliphatic heterocycles. The summed E-state index contributed by atoms with van der Waals surface area (Å²) >= 11 is 0. The zero-order valence-corrected chi connectivity index (χ0v) is 13.6. The molecule has 4 nitrogen and oxygen atoms in total. The fourth-order valence-electron chi connectivity index (χ4n) is 2.11. The third kappa shape index (κ3) is 3.78. The molecular weight excluding hydrogens is 298 g/mol. The number of benzene rings is 1. The molecule has 0 aliphatic carbocycles. The average Bonchev–Trinajstić information content (AvgIpc) is 2.42. The first kappa shape index (κ1) is 18.0. The minimum atomic E-state index is -3.98. The van der Waals surface area contributed by atoms with Crippen LogP contribution in [0.15, 0.2) is 17.0 Å². The molecule has 1 aromatic carbocycles. The maximum absolute atomic E-state index is 14.3. The molecule has 120 valence electrons. The van der Waals surface area contributed by atoms with E-state index in [1.807, 2.05) is 6.92 Å². The predicted molar refractivity (Wildman–Crippen MR) is 78.4 cm³/mol. The Labute approximate surface area is 125 Å². The summed E-state index contributed by atoms with van der Waals surface area (Å²) in [6, 6.07) is 1.71. The number of nitrogens with one attached hydrogen (secondary N) is 1. The molecule has 0 aromatic heterocycles. The van der Waals surface area contributed by atoms with Gasteiger partial charge in [-0.25, -0.2) is 17.2 Å². The third-order valence-electron chi connectivity index (χ3n) is 3.49. The van der Waals surface area contributed by atoms with E-state index in [0.29, 0.717) is 6.42 Å². The lowest BCUT2D eigenvalue weighted by Gasteiger charge is -2.24. The van der Waals surface area contributed by atoms with Gasteiger partial charge in [0.25, 0.3) is 0 Å². The lowest BCUT2D eigenvalue weighted by atomic mass is 10.2. The Balaban J connectivity index is 3.29. The summed E-state index contributed by atoms with van der Waals surface area (Å²) in [6.45, 7) is 3.63. The summed E-state index contributed by atoms with van der Waals surface area (Å²) in [5, 5.41) is 2.63. The van der Waals surface area contributed by atoms with Crippen molar-refractivity contribution in [3.8, 4) is 0 Å². The Bertz CT molecular complexity index is 591. The second kappa shape index (κ2) is 7.29. The summed E-state index contributed by atoms with van der Waals surface area (Å²) in [4.78, 5) is -0.486. The van der Waals surface area contributed by atoms with E-state index < -0.39 is 26.6 Å². The zero-order valence-electron chi connectivity index (χ0n) is 12.8. The molecule has 0 amide bonds. The van der Waals surface area contributed by atoms with Gasteiger partial charge in [0.05, 0.1) is 0 Å². The number of halogens is 2. The monoisotopic (exact) mass is 320 g/mol. The van der Waals surface area contributed by atoms with E-state index in [4.69, 9.17) is 0 Å². The number of nitrogens with zero attached hydrogens (tertiary/aromatic N) is 1. The number of hydrogen-bond donors (Lipinski definition) is 1. The van der Waals surface area contributed by atoms with Gasteiger partial charge in [-0.1, -0.05) is 13.3 Å². The van der Waals surface area contributed by atoms with Crippen LogP contribution >= 0.6 is 0 Å². The topological polar surface area (TPSA) is 49.4 Å². The van der Waals surface area contributed by atoms with Gasteiger partial charge in [0.2, 0.25) is 10.0 Å². The largest absolute Gasteiger partial charge is 0.315 e. The summed E-state index contributed by atoms with van der Waals surface area (Å²) in [7, 11) is -1.03. The van der Waals surface area contributed by atoms with Crippen molar-refractivity contribution in [2.24, 2.45) is 0 Å². The summed E-state index contributed by atoms with van der Waals surface area (Å²) < 4.78 is 54.0. The average molecular weight is 320 g/mol. The minimum absolute atomic E-state index is 0.0742. The summed E-state index contributed by atoms with van der Waals surface area (Å²) in [5.74, 6) is -1.79. The molecule has 0 heterocycles. The van der Waals surface area contributed by atoms with Crippen LogP contribution in [0.1, 0.15) is 32.3 Å². The van der Waals surface area contributed by atoms with Crippen LogP contribution in [0, 0.1) is 11.6 Å². The van der Waals surface area contributed by atoms with E-state index in [1.54, 1.807) is 6.92 Å². The first-order valence-electron chi connectivity index (χ1n) is 6.86. The van der Waals surface area contributed by atoms with Crippen molar-refractivity contribution in [3.63, 3.8) is 0 Å². The van der Waals surface area contributed by atoms with Crippen LogP contribution < -0.4 is 5.32 Å². The minimum Gasteiger partial charge on any atom is -0.315 e. The molecule has 0 spiro atoms. The van der Waals surface area contributed by atoms with Gasteiger partial charge in [0.15, 0.2) is 5.82 Å². The zero-order chi connectivity index (χ0) is 16.2. The van der Waals surface area contributed by atoms with E-state index in [9.17, 15) is 17.2 Å². The first-order chi connectivity index (χ1) is 9.77. The number of rotatable bonds is 7. The number of sulfonamides is 1. The molecule has 7 heteroatoms. The van der Waals surface area contributed by atoms with Crippen LogP contribution in [0.4, 0.5) is 8.78 Å². The Morgan fingerprint density at radius 1 is 1.33 bits per heavy atom. The SMILES string of the molecule is CCCC(C)N(C)S(=O)(=O)c1ccc(F)c(CNC)c1F. The Morgan fingerprint density at radius 2 is 1.95 bits per heavy atom. The fourth-order valence-corrected chi connectivity index (χ4v) is 3.58. The highest BCUT2D eigenvalue weighted by molar-refractivity contribution is 7.89. The molecule has 1 aromatic rings.